The van der Waals surface area contributed by atoms with E-state index in [1.165, 1.54) is 19.3 Å². The van der Waals surface area contributed by atoms with Gasteiger partial charge in [-0.05, 0) is 36.7 Å². The maximum atomic E-state index is 11.6. The van der Waals surface area contributed by atoms with Gasteiger partial charge < -0.3 is 2.85 Å². The second-order valence-electron chi connectivity index (χ2n) is 3.45. The first-order chi connectivity index (χ1) is 6.34. The number of hydrogen-bond acceptors (Lipinski definition) is 2. The van der Waals surface area contributed by atoms with E-state index in [4.69, 9.17) is 16.1 Å². The summed E-state index contributed by atoms with van der Waals surface area (Å²) in [7, 11) is -1.42. The molecule has 1 rings (SSSR count). The summed E-state index contributed by atoms with van der Waals surface area (Å²) in [5.74, 6) is 0.591. The molecule has 14 heavy (non-hydrogen) atoms. The minimum Gasteiger partial charge on any atom is -1.00 e. The Bertz CT molecular complexity index is 172. The molecule has 2 nitrogen and oxygen atoms in total. The van der Waals surface area contributed by atoms with Crippen molar-refractivity contribution in [3.63, 3.8) is 0 Å². The molecule has 0 aliphatic heterocycles. The Kier molecular flexibility index (Phi) is 10.1. The van der Waals surface area contributed by atoms with Crippen LogP contribution in [0.2, 0.25) is 0 Å². The molecule has 1 saturated carbocycles. The molecule has 0 radical (unpaired) electrons. The molecule has 5 heteroatoms. The van der Waals surface area contributed by atoms with Gasteiger partial charge in [0.25, 0.3) is 0 Å². The third kappa shape index (κ3) is 5.87. The number of hydrogen-bond donors (Lipinski definition) is 0. The van der Waals surface area contributed by atoms with E-state index < -0.39 is 8.03 Å². The van der Waals surface area contributed by atoms with Crippen LogP contribution in [0.1, 0.15) is 41.4 Å². The van der Waals surface area contributed by atoms with Crippen LogP contribution in [-0.4, -0.2) is 41.2 Å². The van der Waals surface area contributed by atoms with Gasteiger partial charge in [-0.15, -0.1) is 16.1 Å². The standard InChI is InChI=1S/C9H17ClO2P.Mg.2H/c10-7-4-8-12-13(11)9-5-2-1-3-6-9;;;/h9H,1-8H2;;;/q+1;+2;2*-1. The van der Waals surface area contributed by atoms with Crippen LogP contribution in [0.3, 0.4) is 0 Å². The fourth-order valence-electron chi connectivity index (χ4n) is 1.61. The summed E-state index contributed by atoms with van der Waals surface area (Å²) < 4.78 is 16.8. The van der Waals surface area contributed by atoms with Gasteiger partial charge in [-0.3, -0.25) is 0 Å². The normalized spacial score (nSPS) is 18.8. The zero-order valence-corrected chi connectivity index (χ0v) is 11.6. The Morgan fingerprint density at radius 1 is 1.36 bits per heavy atom. The van der Waals surface area contributed by atoms with Gasteiger partial charge in [-0.25, -0.2) is 0 Å². The van der Waals surface area contributed by atoms with Crippen molar-refractivity contribution >= 4 is 42.7 Å². The first-order valence-corrected chi connectivity index (χ1v) is 6.78. The Morgan fingerprint density at radius 2 is 2.00 bits per heavy atom. The summed E-state index contributed by atoms with van der Waals surface area (Å²) in [5.41, 5.74) is 0.319. The van der Waals surface area contributed by atoms with Crippen LogP contribution in [-0.2, 0) is 9.09 Å². The van der Waals surface area contributed by atoms with E-state index in [-0.39, 0.29) is 25.9 Å². The summed E-state index contributed by atoms with van der Waals surface area (Å²) >= 11 is 5.50. The smallest absolute Gasteiger partial charge is 1.00 e. The van der Waals surface area contributed by atoms with E-state index in [0.717, 1.165) is 19.3 Å². The summed E-state index contributed by atoms with van der Waals surface area (Å²) in [6, 6.07) is 0. The molecule has 1 aliphatic carbocycles. The Labute approximate surface area is 111 Å². The van der Waals surface area contributed by atoms with Crippen LogP contribution in [0.5, 0.6) is 0 Å². The average molecular weight is 250 g/mol. The molecule has 0 bridgehead atoms. The maximum Gasteiger partial charge on any atom is 2.00 e. The second kappa shape index (κ2) is 9.35. The van der Waals surface area contributed by atoms with E-state index in [1.807, 2.05) is 0 Å². The van der Waals surface area contributed by atoms with E-state index >= 15 is 0 Å². The van der Waals surface area contributed by atoms with Gasteiger partial charge >= 0.3 is 31.1 Å². The summed E-state index contributed by atoms with van der Waals surface area (Å²) in [5, 5.41) is 0. The van der Waals surface area contributed by atoms with E-state index in [2.05, 4.69) is 0 Å². The van der Waals surface area contributed by atoms with Gasteiger partial charge in [-0.2, -0.15) is 0 Å². The monoisotopic (exact) mass is 249 g/mol. The third-order valence-electron chi connectivity index (χ3n) is 2.37. The average Bonchev–Trinajstić information content (AvgIpc) is 2.19. The molecular formula is C9H19ClMgO2P+. The van der Waals surface area contributed by atoms with Gasteiger partial charge in [0.15, 0.2) is 5.66 Å². The van der Waals surface area contributed by atoms with E-state index in [1.54, 1.807) is 0 Å². The van der Waals surface area contributed by atoms with Crippen LogP contribution < -0.4 is 0 Å². The zero-order chi connectivity index (χ0) is 9.52. The predicted octanol–water partition coefficient (Wildman–Crippen LogP) is 3.55. The molecule has 1 fully saturated rings. The Morgan fingerprint density at radius 3 is 2.57 bits per heavy atom. The van der Waals surface area contributed by atoms with Gasteiger partial charge in [0.2, 0.25) is 0 Å². The summed E-state index contributed by atoms with van der Waals surface area (Å²) in [6.07, 6.45) is 6.68. The van der Waals surface area contributed by atoms with Crippen molar-refractivity contribution in [2.45, 2.75) is 44.2 Å². The minimum absolute atomic E-state index is 0. The molecule has 0 aromatic carbocycles. The molecule has 1 aliphatic rings. The van der Waals surface area contributed by atoms with Gasteiger partial charge in [-0.1, -0.05) is 6.42 Å². The van der Waals surface area contributed by atoms with Crippen molar-refractivity contribution < 1.29 is 11.9 Å². The van der Waals surface area contributed by atoms with Crippen molar-refractivity contribution in [1.29, 1.82) is 0 Å². The number of alkyl halides is 1. The maximum absolute atomic E-state index is 11.6. The van der Waals surface area contributed by atoms with E-state index in [0.29, 0.717) is 18.1 Å². The van der Waals surface area contributed by atoms with Crippen LogP contribution in [0, 0.1) is 0 Å². The zero-order valence-electron chi connectivity index (χ0n) is 10.6. The van der Waals surface area contributed by atoms with Crippen molar-refractivity contribution in [2.24, 2.45) is 0 Å². The topological polar surface area (TPSA) is 26.3 Å². The molecule has 0 amide bonds. The molecule has 0 saturated heterocycles. The molecule has 0 aromatic heterocycles. The molecular weight excluding hydrogens is 231 g/mol. The molecule has 1 atom stereocenters. The van der Waals surface area contributed by atoms with Crippen molar-refractivity contribution in [1.82, 2.24) is 0 Å². The summed E-state index contributed by atoms with van der Waals surface area (Å²) in [6.45, 7) is 0.551. The number of halogens is 1. The molecule has 0 N–H and O–H groups in total. The Hall–Kier alpha value is 1.12. The van der Waals surface area contributed by atoms with Gasteiger partial charge in [0.05, 0.1) is 0 Å². The van der Waals surface area contributed by atoms with Crippen molar-refractivity contribution in [2.75, 3.05) is 12.5 Å². The summed E-state index contributed by atoms with van der Waals surface area (Å²) in [4.78, 5) is 0. The molecule has 1 unspecified atom stereocenters. The Balaban J connectivity index is -0.000000563. The fourth-order valence-corrected chi connectivity index (χ4v) is 3.02. The van der Waals surface area contributed by atoms with Crippen LogP contribution >= 0.6 is 19.6 Å². The molecule has 0 spiro atoms. The molecule has 80 valence electrons. The van der Waals surface area contributed by atoms with Crippen LogP contribution in [0.4, 0.5) is 0 Å². The molecule has 0 heterocycles. The van der Waals surface area contributed by atoms with Crippen LogP contribution in [0.15, 0.2) is 0 Å². The van der Waals surface area contributed by atoms with Crippen molar-refractivity contribution in [3.05, 3.63) is 0 Å². The fraction of sp³-hybridized carbons (Fsp3) is 1.00. The SMILES string of the molecule is O=[P+](OCCCCl)C1CCCCC1.[H-].[H-].[Mg+2]. The largest absolute Gasteiger partial charge is 2.00 e. The quantitative estimate of drug-likeness (QED) is 0.323. The molecule has 0 aromatic rings. The first kappa shape index (κ1) is 15.1. The predicted molar refractivity (Wildman–Crippen MR) is 63.7 cm³/mol. The van der Waals surface area contributed by atoms with E-state index in [9.17, 15) is 4.57 Å². The van der Waals surface area contributed by atoms with Crippen LogP contribution in [0.25, 0.3) is 0 Å². The van der Waals surface area contributed by atoms with Gasteiger partial charge in [0, 0.05) is 5.88 Å². The van der Waals surface area contributed by atoms with Gasteiger partial charge in [0.1, 0.15) is 6.61 Å². The second-order valence-corrected chi connectivity index (χ2v) is 5.39. The van der Waals surface area contributed by atoms with Crippen molar-refractivity contribution in [3.8, 4) is 0 Å². The third-order valence-corrected chi connectivity index (χ3v) is 4.19. The first-order valence-electron chi connectivity index (χ1n) is 5.00. The minimum atomic E-state index is -1.42. The number of rotatable bonds is 5.